The molecule has 2 rings (SSSR count). The monoisotopic (exact) mass is 251 g/mol. The summed E-state index contributed by atoms with van der Waals surface area (Å²) >= 11 is 0. The predicted octanol–water partition coefficient (Wildman–Crippen LogP) is 5.03. The van der Waals surface area contributed by atoms with Crippen molar-refractivity contribution in [1.82, 2.24) is 0 Å². The van der Waals surface area contributed by atoms with Crippen LogP contribution in [-0.2, 0) is 0 Å². The Bertz CT molecular complexity index is 523. The minimum Gasteiger partial charge on any atom is -0.377 e. The molecule has 1 nitrogen and oxygen atoms in total. The number of anilines is 1. The normalized spacial score (nSPS) is 11.9. The van der Waals surface area contributed by atoms with E-state index in [2.05, 4.69) is 68.2 Å². The fourth-order valence-corrected chi connectivity index (χ4v) is 2.35. The number of benzene rings is 2. The molecule has 19 heavy (non-hydrogen) atoms. The standard InChI is InChI=1S/C18H21N/c1-4-9-17(16-12-6-5-7-13-16)19-18-14(2)10-8-11-15(18)3/h4-8,10-13,17,19H,1,9H2,2-3H3. The van der Waals surface area contributed by atoms with Crippen LogP contribution >= 0.6 is 0 Å². The predicted molar refractivity (Wildman–Crippen MR) is 83.5 cm³/mol. The molecule has 0 aliphatic heterocycles. The van der Waals surface area contributed by atoms with Crippen LogP contribution in [0.5, 0.6) is 0 Å². The van der Waals surface area contributed by atoms with Crippen molar-refractivity contribution in [2.45, 2.75) is 26.3 Å². The van der Waals surface area contributed by atoms with E-state index in [0.29, 0.717) is 0 Å². The van der Waals surface area contributed by atoms with Crippen molar-refractivity contribution in [2.75, 3.05) is 5.32 Å². The van der Waals surface area contributed by atoms with Gasteiger partial charge in [-0.15, -0.1) is 6.58 Å². The summed E-state index contributed by atoms with van der Waals surface area (Å²) in [5.41, 5.74) is 5.10. The lowest BCUT2D eigenvalue weighted by Crippen LogP contribution is -2.11. The van der Waals surface area contributed by atoms with Crippen molar-refractivity contribution in [1.29, 1.82) is 0 Å². The van der Waals surface area contributed by atoms with Crippen LogP contribution in [0.25, 0.3) is 0 Å². The number of hydrogen-bond donors (Lipinski definition) is 1. The summed E-state index contributed by atoms with van der Waals surface area (Å²) in [7, 11) is 0. The Morgan fingerprint density at radius 3 is 2.21 bits per heavy atom. The Morgan fingerprint density at radius 1 is 1.00 bits per heavy atom. The van der Waals surface area contributed by atoms with Gasteiger partial charge >= 0.3 is 0 Å². The van der Waals surface area contributed by atoms with Crippen LogP contribution in [0.2, 0.25) is 0 Å². The van der Waals surface area contributed by atoms with E-state index in [0.717, 1.165) is 6.42 Å². The Hall–Kier alpha value is -2.02. The van der Waals surface area contributed by atoms with Crippen LogP contribution in [-0.4, -0.2) is 0 Å². The Balaban J connectivity index is 2.29. The Labute approximate surface area is 116 Å². The van der Waals surface area contributed by atoms with Gasteiger partial charge in [-0.25, -0.2) is 0 Å². The van der Waals surface area contributed by atoms with Crippen molar-refractivity contribution in [2.24, 2.45) is 0 Å². The molecular weight excluding hydrogens is 230 g/mol. The first kappa shape index (κ1) is 13.4. The van der Waals surface area contributed by atoms with E-state index in [1.807, 2.05) is 12.1 Å². The zero-order valence-electron chi connectivity index (χ0n) is 11.7. The molecule has 0 aliphatic rings. The zero-order valence-corrected chi connectivity index (χ0v) is 11.7. The molecule has 0 saturated heterocycles. The third kappa shape index (κ3) is 3.25. The summed E-state index contributed by atoms with van der Waals surface area (Å²) in [6.07, 6.45) is 2.88. The lowest BCUT2D eigenvalue weighted by atomic mass is 10.0. The number of para-hydroxylation sites is 1. The van der Waals surface area contributed by atoms with Crippen LogP contribution in [0.4, 0.5) is 5.69 Å². The molecule has 1 N–H and O–H groups in total. The molecule has 0 aliphatic carbocycles. The summed E-state index contributed by atoms with van der Waals surface area (Å²) in [5, 5.41) is 3.66. The van der Waals surface area contributed by atoms with Gasteiger partial charge in [0.15, 0.2) is 0 Å². The van der Waals surface area contributed by atoms with E-state index >= 15 is 0 Å². The van der Waals surface area contributed by atoms with Gasteiger partial charge in [-0.3, -0.25) is 0 Å². The average Bonchev–Trinajstić information content (AvgIpc) is 2.43. The smallest absolute Gasteiger partial charge is 0.0548 e. The fourth-order valence-electron chi connectivity index (χ4n) is 2.35. The van der Waals surface area contributed by atoms with E-state index in [1.54, 1.807) is 0 Å². The fraction of sp³-hybridized carbons (Fsp3) is 0.222. The largest absolute Gasteiger partial charge is 0.377 e. The summed E-state index contributed by atoms with van der Waals surface area (Å²) in [6.45, 7) is 8.16. The summed E-state index contributed by atoms with van der Waals surface area (Å²) in [4.78, 5) is 0. The number of nitrogens with one attached hydrogen (secondary N) is 1. The average molecular weight is 251 g/mol. The van der Waals surface area contributed by atoms with Crippen molar-refractivity contribution < 1.29 is 0 Å². The first-order chi connectivity index (χ1) is 9.22. The summed E-state index contributed by atoms with van der Waals surface area (Å²) in [5.74, 6) is 0. The molecule has 0 heterocycles. The SMILES string of the molecule is C=CCC(Nc1c(C)cccc1C)c1ccccc1. The second-order valence-corrected chi connectivity index (χ2v) is 4.90. The van der Waals surface area contributed by atoms with Crippen LogP contribution in [0.15, 0.2) is 61.2 Å². The molecule has 0 bridgehead atoms. The highest BCUT2D eigenvalue weighted by atomic mass is 14.9. The van der Waals surface area contributed by atoms with Gasteiger partial charge in [0.05, 0.1) is 6.04 Å². The van der Waals surface area contributed by atoms with E-state index < -0.39 is 0 Å². The molecule has 2 aromatic carbocycles. The van der Waals surface area contributed by atoms with Gasteiger partial charge in [0, 0.05) is 5.69 Å². The third-order valence-corrected chi connectivity index (χ3v) is 3.40. The quantitative estimate of drug-likeness (QED) is 0.735. The van der Waals surface area contributed by atoms with Gasteiger partial charge in [-0.2, -0.15) is 0 Å². The first-order valence-electron chi connectivity index (χ1n) is 6.71. The Kier molecular flexibility index (Phi) is 4.40. The molecular formula is C18H21N. The molecule has 0 fully saturated rings. The van der Waals surface area contributed by atoms with Crippen molar-refractivity contribution >= 4 is 5.69 Å². The van der Waals surface area contributed by atoms with Gasteiger partial charge in [-0.1, -0.05) is 54.6 Å². The van der Waals surface area contributed by atoms with Gasteiger partial charge in [0.1, 0.15) is 0 Å². The maximum Gasteiger partial charge on any atom is 0.0548 e. The molecule has 98 valence electrons. The molecule has 1 unspecified atom stereocenters. The van der Waals surface area contributed by atoms with Crippen LogP contribution in [0, 0.1) is 13.8 Å². The van der Waals surface area contributed by atoms with E-state index in [4.69, 9.17) is 0 Å². The van der Waals surface area contributed by atoms with Gasteiger partial charge in [0.2, 0.25) is 0 Å². The highest BCUT2D eigenvalue weighted by molar-refractivity contribution is 5.57. The van der Waals surface area contributed by atoms with Gasteiger partial charge in [-0.05, 0) is 37.0 Å². The zero-order chi connectivity index (χ0) is 13.7. The summed E-state index contributed by atoms with van der Waals surface area (Å²) < 4.78 is 0. The lowest BCUT2D eigenvalue weighted by molar-refractivity contribution is 0.796. The Morgan fingerprint density at radius 2 is 1.63 bits per heavy atom. The molecule has 0 saturated carbocycles. The minimum atomic E-state index is 0.276. The van der Waals surface area contributed by atoms with Crippen molar-refractivity contribution in [3.05, 3.63) is 77.9 Å². The van der Waals surface area contributed by atoms with E-state index in [9.17, 15) is 0 Å². The van der Waals surface area contributed by atoms with Crippen molar-refractivity contribution in [3.8, 4) is 0 Å². The third-order valence-electron chi connectivity index (χ3n) is 3.40. The van der Waals surface area contributed by atoms with E-state index in [-0.39, 0.29) is 6.04 Å². The molecule has 0 spiro atoms. The highest BCUT2D eigenvalue weighted by Crippen LogP contribution is 2.27. The topological polar surface area (TPSA) is 12.0 Å². The molecule has 1 heteroatoms. The number of aryl methyl sites for hydroxylation is 2. The highest BCUT2D eigenvalue weighted by Gasteiger charge is 2.11. The summed E-state index contributed by atoms with van der Waals surface area (Å²) in [6, 6.07) is 17.2. The van der Waals surface area contributed by atoms with Crippen molar-refractivity contribution in [3.63, 3.8) is 0 Å². The second-order valence-electron chi connectivity index (χ2n) is 4.90. The van der Waals surface area contributed by atoms with E-state index in [1.165, 1.54) is 22.4 Å². The lowest BCUT2D eigenvalue weighted by Gasteiger charge is -2.22. The molecule has 0 amide bonds. The van der Waals surface area contributed by atoms with Crippen LogP contribution in [0.3, 0.4) is 0 Å². The number of rotatable bonds is 5. The van der Waals surface area contributed by atoms with Crippen LogP contribution in [0.1, 0.15) is 29.2 Å². The van der Waals surface area contributed by atoms with Gasteiger partial charge < -0.3 is 5.32 Å². The molecule has 0 radical (unpaired) electrons. The van der Waals surface area contributed by atoms with Crippen LogP contribution < -0.4 is 5.32 Å². The molecule has 1 atom stereocenters. The molecule has 0 aromatic heterocycles. The second kappa shape index (κ2) is 6.24. The van der Waals surface area contributed by atoms with Gasteiger partial charge in [0.25, 0.3) is 0 Å². The maximum atomic E-state index is 3.87. The number of hydrogen-bond acceptors (Lipinski definition) is 1. The first-order valence-corrected chi connectivity index (χ1v) is 6.71. The molecule has 2 aromatic rings. The maximum absolute atomic E-state index is 3.87. The minimum absolute atomic E-state index is 0.276.